The van der Waals surface area contributed by atoms with Gasteiger partial charge in [0.2, 0.25) is 0 Å². The van der Waals surface area contributed by atoms with E-state index >= 15 is 0 Å². The van der Waals surface area contributed by atoms with E-state index in [-0.39, 0.29) is 0 Å². The number of rotatable bonds is 10. The number of carbonyl (C=O) groups is 1. The Bertz CT molecular complexity index is 949. The normalized spacial score (nSPS) is 16.0. The summed E-state index contributed by atoms with van der Waals surface area (Å²) >= 11 is 0. The molecule has 0 unspecified atom stereocenters. The van der Waals surface area contributed by atoms with Crippen LogP contribution in [-0.4, -0.2) is 70.6 Å². The van der Waals surface area contributed by atoms with Gasteiger partial charge in [0.05, 0.1) is 0 Å². The number of alkyl halides is 21. The second-order valence-corrected chi connectivity index (χ2v) is 6.61. The Balaban J connectivity index is 7.33. The van der Waals surface area contributed by atoms with Gasteiger partial charge in [0, 0.05) is 0 Å². The molecule has 0 aromatic rings. The van der Waals surface area contributed by atoms with Gasteiger partial charge in [-0.05, 0) is 0 Å². The summed E-state index contributed by atoms with van der Waals surface area (Å²) in [7, 11) is 0. The van der Waals surface area contributed by atoms with Gasteiger partial charge in [-0.2, -0.15) is 101 Å². The molecule has 2 nitrogen and oxygen atoms in total. The second-order valence-electron chi connectivity index (χ2n) is 6.61. The third kappa shape index (κ3) is 4.16. The smallest absolute Gasteiger partial charge is 0.460 e. The van der Waals surface area contributed by atoms with Crippen molar-refractivity contribution in [1.82, 2.24) is 0 Å². The molecule has 25 heteroatoms. The molecule has 0 aliphatic carbocycles. The molecule has 226 valence electrons. The average molecular weight is 626 g/mol. The molecule has 0 aromatic heterocycles. The summed E-state index contributed by atoms with van der Waals surface area (Å²) < 4.78 is 299. The van der Waals surface area contributed by atoms with Crippen LogP contribution in [0, 0.1) is 0 Å². The summed E-state index contributed by atoms with van der Waals surface area (Å²) in [6, 6.07) is 0. The Morgan fingerprint density at radius 1 is 0.395 bits per heavy atom. The van der Waals surface area contributed by atoms with Crippen molar-refractivity contribution in [2.75, 3.05) is 0 Å². The van der Waals surface area contributed by atoms with Gasteiger partial charge in [-0.15, -0.1) is 0 Å². The van der Waals surface area contributed by atoms with Crippen LogP contribution in [0.3, 0.4) is 0 Å². The highest BCUT2D eigenvalue weighted by Crippen LogP contribution is 2.66. The molecule has 1 N–H and O–H groups in total. The monoisotopic (exact) mass is 626 g/mol. The summed E-state index contributed by atoms with van der Waals surface area (Å²) in [4.78, 5) is 10.2. The van der Waals surface area contributed by atoms with Crippen LogP contribution in [0.4, 0.5) is 101 Å². The zero-order chi connectivity index (χ0) is 31.7. The number of halogens is 23. The summed E-state index contributed by atoms with van der Waals surface area (Å²) in [6.07, 6.45) is -12.8. The van der Waals surface area contributed by atoms with Crippen LogP contribution in [0.1, 0.15) is 0 Å². The van der Waals surface area contributed by atoms with E-state index in [1.54, 1.807) is 0 Å². The minimum Gasteiger partial charge on any atom is -0.478 e. The Labute approximate surface area is 189 Å². The molecule has 0 saturated heterocycles. The van der Waals surface area contributed by atoms with E-state index in [4.69, 9.17) is 5.11 Å². The molecule has 0 heterocycles. The molecule has 0 atom stereocenters. The van der Waals surface area contributed by atoms with Crippen molar-refractivity contribution in [2.24, 2.45) is 0 Å². The molecular formula is C13HF23O2. The largest absolute Gasteiger partial charge is 0.478 e. The maximum atomic E-state index is 13.5. The Morgan fingerprint density at radius 2 is 0.605 bits per heavy atom. The molecule has 0 bridgehead atoms. The molecule has 0 fully saturated rings. The van der Waals surface area contributed by atoms with Gasteiger partial charge in [-0.1, -0.05) is 0 Å². The van der Waals surface area contributed by atoms with Crippen molar-refractivity contribution < 1.29 is 111 Å². The van der Waals surface area contributed by atoms with Gasteiger partial charge in [0.15, 0.2) is 5.57 Å². The van der Waals surface area contributed by atoms with Gasteiger partial charge in [-0.25, -0.2) is 4.79 Å². The van der Waals surface area contributed by atoms with Crippen molar-refractivity contribution in [2.45, 2.75) is 59.5 Å². The van der Waals surface area contributed by atoms with Crippen LogP contribution in [-0.2, 0) is 4.79 Å². The van der Waals surface area contributed by atoms with Crippen molar-refractivity contribution in [3.05, 3.63) is 11.7 Å². The van der Waals surface area contributed by atoms with Crippen LogP contribution in [0.15, 0.2) is 11.7 Å². The standard InChI is InChI=1S/C13HF23O2/c14-2(15)1(3(37)38)4(16,17)5(18,19)6(20,21)7(22,23)8(24,25)9(26,27)10(28,29)11(30,31)12(32,33)13(34,35)36/h(H,37,38). The number of aliphatic carboxylic acids is 1. The Morgan fingerprint density at radius 3 is 0.789 bits per heavy atom. The molecule has 0 saturated carbocycles. The quantitative estimate of drug-likeness (QED) is 0.202. The lowest BCUT2D eigenvalue weighted by molar-refractivity contribution is -0.473. The maximum Gasteiger partial charge on any atom is 0.460 e. The van der Waals surface area contributed by atoms with Gasteiger partial charge in [0.25, 0.3) is 6.08 Å². The van der Waals surface area contributed by atoms with Gasteiger partial charge < -0.3 is 5.11 Å². The van der Waals surface area contributed by atoms with E-state index in [9.17, 15) is 106 Å². The lowest BCUT2D eigenvalue weighted by Crippen LogP contribution is -2.77. The molecular weight excluding hydrogens is 625 g/mol. The van der Waals surface area contributed by atoms with E-state index in [0.717, 1.165) is 0 Å². The summed E-state index contributed by atoms with van der Waals surface area (Å²) in [6.45, 7) is 0. The van der Waals surface area contributed by atoms with E-state index in [0.29, 0.717) is 0 Å². The van der Waals surface area contributed by atoms with E-state index in [1.165, 1.54) is 0 Å². The van der Waals surface area contributed by atoms with Crippen LogP contribution < -0.4 is 0 Å². The molecule has 0 aliphatic rings. The van der Waals surface area contributed by atoms with Gasteiger partial charge >= 0.3 is 65.4 Å². The molecule has 0 aliphatic heterocycles. The Kier molecular flexibility index (Phi) is 8.25. The topological polar surface area (TPSA) is 37.3 Å². The molecule has 38 heavy (non-hydrogen) atoms. The maximum absolute atomic E-state index is 13.5. The summed E-state index contributed by atoms with van der Waals surface area (Å²) in [5.74, 6) is -85.3. The van der Waals surface area contributed by atoms with Crippen LogP contribution in [0.25, 0.3) is 0 Å². The first kappa shape index (κ1) is 35.6. The predicted octanol–water partition coefficient (Wildman–Crippen LogP) is 7.50. The SMILES string of the molecule is O=C(O)C(=C(F)F)C(F)(F)C(F)(F)C(F)(F)C(F)(F)C(F)(F)C(F)(F)C(F)(F)C(F)(F)C(F)(F)C(F)(F)F. The molecule has 0 radical (unpaired) electrons. The van der Waals surface area contributed by atoms with Crippen molar-refractivity contribution in [3.8, 4) is 0 Å². The summed E-state index contributed by atoms with van der Waals surface area (Å²) in [5.41, 5.74) is -4.62. The van der Waals surface area contributed by atoms with Gasteiger partial charge in [-0.3, -0.25) is 0 Å². The summed E-state index contributed by atoms with van der Waals surface area (Å²) in [5, 5.41) is 7.94. The van der Waals surface area contributed by atoms with E-state index in [2.05, 4.69) is 0 Å². The first-order valence-corrected chi connectivity index (χ1v) is 7.77. The molecule has 0 spiro atoms. The average Bonchev–Trinajstić information content (AvgIpc) is 2.64. The van der Waals surface area contributed by atoms with E-state index < -0.39 is 77.1 Å². The number of hydrogen-bond donors (Lipinski definition) is 1. The molecule has 0 amide bonds. The third-order valence-corrected chi connectivity index (χ3v) is 4.23. The zero-order valence-electron chi connectivity index (χ0n) is 16.0. The highest BCUT2D eigenvalue weighted by atomic mass is 19.4. The third-order valence-electron chi connectivity index (χ3n) is 4.23. The highest BCUT2D eigenvalue weighted by molar-refractivity contribution is 5.89. The highest BCUT2D eigenvalue weighted by Gasteiger charge is 2.98. The van der Waals surface area contributed by atoms with Crippen LogP contribution in [0.2, 0.25) is 0 Å². The fourth-order valence-corrected chi connectivity index (χ4v) is 2.05. The van der Waals surface area contributed by atoms with Crippen LogP contribution in [0.5, 0.6) is 0 Å². The second kappa shape index (κ2) is 8.81. The minimum atomic E-state index is -9.46. The van der Waals surface area contributed by atoms with Crippen LogP contribution >= 0.6 is 0 Å². The number of hydrogen-bond acceptors (Lipinski definition) is 1. The van der Waals surface area contributed by atoms with Crippen molar-refractivity contribution >= 4 is 5.97 Å². The lowest BCUT2D eigenvalue weighted by Gasteiger charge is -2.44. The van der Waals surface area contributed by atoms with E-state index in [1.807, 2.05) is 0 Å². The fraction of sp³-hybridized carbons (Fsp3) is 0.769. The lowest BCUT2D eigenvalue weighted by atomic mass is 9.85. The minimum absolute atomic E-state index is 4.11. The molecule has 0 aromatic carbocycles. The zero-order valence-corrected chi connectivity index (χ0v) is 16.0. The number of carboxylic acids is 1. The van der Waals surface area contributed by atoms with Crippen molar-refractivity contribution in [3.63, 3.8) is 0 Å². The first-order chi connectivity index (χ1) is 16.0. The Hall–Kier alpha value is -2.40. The van der Waals surface area contributed by atoms with Gasteiger partial charge in [0.1, 0.15) is 0 Å². The van der Waals surface area contributed by atoms with Crippen molar-refractivity contribution in [1.29, 1.82) is 0 Å². The predicted molar refractivity (Wildman–Crippen MR) is 67.5 cm³/mol. The molecule has 0 rings (SSSR count). The number of carboxylic acid groups (broad SMARTS) is 1. The first-order valence-electron chi connectivity index (χ1n) is 7.77. The fourth-order valence-electron chi connectivity index (χ4n) is 2.05.